The lowest BCUT2D eigenvalue weighted by molar-refractivity contribution is -0.135. The zero-order valence-electron chi connectivity index (χ0n) is 56.8. The molecule has 4 amide bonds. The number of carbonyl (C=O) groups excluding carboxylic acids is 8. The minimum atomic E-state index is -0.742. The summed E-state index contributed by atoms with van der Waals surface area (Å²) in [4.78, 5) is 126. The summed E-state index contributed by atoms with van der Waals surface area (Å²) in [6.07, 6.45) is 16.4. The fraction of sp³-hybridized carbons (Fsp3) is 0.244. The summed E-state index contributed by atoms with van der Waals surface area (Å²) in [7, 11) is 0. The lowest BCUT2D eigenvalue weighted by Crippen LogP contribution is -2.40. The number of anilines is 2. The van der Waals surface area contributed by atoms with Crippen molar-refractivity contribution in [3.05, 3.63) is 193 Å². The van der Waals surface area contributed by atoms with Crippen LogP contribution in [0.1, 0.15) is 172 Å². The van der Waals surface area contributed by atoms with E-state index in [2.05, 4.69) is 9.97 Å². The summed E-state index contributed by atoms with van der Waals surface area (Å²) in [5.74, 6) is -2.84. The molecule has 4 heterocycles. The quantitative estimate of drug-likeness (QED) is 0.0101. The molecule has 0 bridgehead atoms. The third kappa shape index (κ3) is 14.3. The van der Waals surface area contributed by atoms with E-state index in [1.54, 1.807) is 97.1 Å². The van der Waals surface area contributed by atoms with Gasteiger partial charge < -0.3 is 37.9 Å². The number of esters is 4. The summed E-state index contributed by atoms with van der Waals surface area (Å²) in [6.45, 7) is 8.17. The number of carbonyl (C=O) groups is 8. The van der Waals surface area contributed by atoms with E-state index in [1.807, 2.05) is 27.7 Å². The molecule has 0 spiro atoms. The van der Waals surface area contributed by atoms with Gasteiger partial charge in [-0.05, 0) is 171 Å². The van der Waals surface area contributed by atoms with Gasteiger partial charge in [-0.3, -0.25) is 48.3 Å². The summed E-state index contributed by atoms with van der Waals surface area (Å²) >= 11 is 0. The van der Waals surface area contributed by atoms with Crippen molar-refractivity contribution in [1.29, 1.82) is 0 Å². The van der Waals surface area contributed by atoms with Crippen molar-refractivity contribution in [2.45, 2.75) is 130 Å². The van der Waals surface area contributed by atoms with Crippen LogP contribution in [0.2, 0.25) is 0 Å². The molecule has 9 aromatic carbocycles. The zero-order valence-corrected chi connectivity index (χ0v) is 56.8. The number of imide groups is 2. The average molecular weight is 1370 g/mol. The van der Waals surface area contributed by atoms with Crippen LogP contribution in [-0.2, 0) is 19.2 Å². The van der Waals surface area contributed by atoms with Gasteiger partial charge in [0.15, 0.2) is 0 Å². The Labute approximate surface area is 587 Å². The average Bonchev–Trinajstić information content (AvgIpc) is 0.672. The van der Waals surface area contributed by atoms with Crippen molar-refractivity contribution in [2.24, 2.45) is 0 Å². The highest BCUT2D eigenvalue weighted by Gasteiger charge is 2.42. The number of rotatable bonds is 30. The highest BCUT2D eigenvalue weighted by atomic mass is 16.6. The second-order valence-electron chi connectivity index (χ2n) is 25.0. The van der Waals surface area contributed by atoms with Crippen molar-refractivity contribution >= 4 is 102 Å². The van der Waals surface area contributed by atoms with E-state index in [0.29, 0.717) is 25.7 Å². The van der Waals surface area contributed by atoms with Crippen molar-refractivity contribution in [3.63, 3.8) is 0 Å². The molecular weight excluding hydrogens is 1300 g/mol. The van der Waals surface area contributed by atoms with Gasteiger partial charge >= 0.3 is 23.9 Å². The number of pyridine rings is 2. The number of hydrogen-bond donors (Lipinski definition) is 0. The van der Waals surface area contributed by atoms with E-state index in [0.717, 1.165) is 61.2 Å². The van der Waals surface area contributed by atoms with Crippen molar-refractivity contribution in [1.82, 2.24) is 9.97 Å². The van der Waals surface area contributed by atoms with Gasteiger partial charge in [-0.2, -0.15) is 0 Å². The Hall–Kier alpha value is -12.1. The Balaban J connectivity index is 1.12. The van der Waals surface area contributed by atoms with Gasteiger partial charge in [0.2, 0.25) is 0 Å². The summed E-state index contributed by atoms with van der Waals surface area (Å²) in [5.41, 5.74) is 0.407. The van der Waals surface area contributed by atoms with Gasteiger partial charge in [-0.25, -0.2) is 9.80 Å². The van der Waals surface area contributed by atoms with Gasteiger partial charge in [0.25, 0.3) is 23.6 Å². The number of unbranched alkanes of at least 4 members (excludes halogenated alkanes) is 8. The van der Waals surface area contributed by atoms with Crippen LogP contribution in [0.25, 0.3) is 43.1 Å². The molecule has 0 radical (unpaired) electrons. The molecule has 11 aromatic rings. The normalized spacial score (nSPS) is 12.5. The molecule has 0 saturated carbocycles. The maximum Gasteiger partial charge on any atom is 0.311 e. The van der Waals surface area contributed by atoms with Crippen LogP contribution in [0.4, 0.5) is 11.4 Å². The third-order valence-corrected chi connectivity index (χ3v) is 17.8. The molecule has 20 nitrogen and oxygen atoms in total. The largest absolute Gasteiger partial charge is 0.457 e. The number of aromatic nitrogens is 2. The Morgan fingerprint density at radius 2 is 0.500 bits per heavy atom. The predicted octanol–water partition coefficient (Wildman–Crippen LogP) is 19.2. The van der Waals surface area contributed by atoms with Gasteiger partial charge in [-0.1, -0.05) is 79.1 Å². The van der Waals surface area contributed by atoms with Crippen LogP contribution in [-0.4, -0.2) is 57.5 Å². The number of fused-ring (bicyclic) bond motifs is 2. The number of amides is 4. The SMILES string of the molecule is CCCCCC(=O)Oc1ccc(Oc2cc3c4c(cc(Oc5ccc(OC(=O)CCCCC)cc5)c5c6c(Oc7ccc(OC(=O)CCCCC)cc7)cc7c8c(cc(Oc9ccc(OC(=O)CCCCC)cc9)c(c2c45)c86)C(=O)N(c2ccncc2)C7=O)C(=O)N(c2ccncc2)C3=O)cc1. The lowest BCUT2D eigenvalue weighted by atomic mass is 9.80. The first-order valence-corrected chi connectivity index (χ1v) is 34.6. The second kappa shape index (κ2) is 30.6. The molecular formula is C82H72N4O16. The minimum absolute atomic E-state index is 0.00249. The van der Waals surface area contributed by atoms with Crippen LogP contribution in [0.3, 0.4) is 0 Å². The van der Waals surface area contributed by atoms with Crippen molar-refractivity contribution < 1.29 is 76.3 Å². The van der Waals surface area contributed by atoms with E-state index >= 15 is 19.2 Å². The molecule has 0 unspecified atom stereocenters. The standard InChI is InChI=1S/C82H72N4O16/c1-5-9-13-17-67(87)99-55-29-21-51(22-30-55)95-63-45-59-71-60(80(92)85(79(59)91)49-37-41-83-42-38-49)47-65(97-53-25-33-57(34-26-53)101-69(89)19-15-11-7-3)75-76-66(98-54-27-35-58(36-28-54)102-70(90)20-16-12-8-4)48-62-72-61(81(93)86(82(62)94)50-39-43-84-44-40-50)46-64(74(78(72)76)73(63)77(71)75)96-52-23-31-56(32-24-52)100-68(88)18-14-10-6-2/h21-48H,5-20H2,1-4H3. The smallest absolute Gasteiger partial charge is 0.311 e. The minimum Gasteiger partial charge on any atom is -0.457 e. The van der Waals surface area contributed by atoms with E-state index in [9.17, 15) is 19.2 Å². The first-order valence-electron chi connectivity index (χ1n) is 34.6. The fourth-order valence-corrected chi connectivity index (χ4v) is 12.9. The monoisotopic (exact) mass is 1370 g/mol. The maximum absolute atomic E-state index is 15.8. The lowest BCUT2D eigenvalue weighted by Gasteiger charge is -2.32. The van der Waals surface area contributed by atoms with E-state index in [-0.39, 0.29) is 171 Å². The predicted molar refractivity (Wildman–Crippen MR) is 384 cm³/mol. The number of benzene rings is 9. The molecule has 0 aliphatic carbocycles. The number of ether oxygens (including phenoxy) is 8. The van der Waals surface area contributed by atoms with Crippen LogP contribution in [0.5, 0.6) is 69.0 Å². The van der Waals surface area contributed by atoms with E-state index in [4.69, 9.17) is 37.9 Å². The Morgan fingerprint density at radius 1 is 0.284 bits per heavy atom. The molecule has 2 aliphatic heterocycles. The summed E-state index contributed by atoms with van der Waals surface area (Å²) < 4.78 is 51.6. The highest BCUT2D eigenvalue weighted by Crippen LogP contribution is 2.58. The van der Waals surface area contributed by atoms with Crippen LogP contribution in [0, 0.1) is 0 Å². The Bertz CT molecular complexity index is 4440. The van der Waals surface area contributed by atoms with Gasteiger partial charge in [0.1, 0.15) is 69.0 Å². The van der Waals surface area contributed by atoms with Gasteiger partial charge in [-0.15, -0.1) is 0 Å². The molecule has 20 heteroatoms. The first kappa shape index (κ1) is 68.5. The fourth-order valence-electron chi connectivity index (χ4n) is 12.9. The Kier molecular flexibility index (Phi) is 20.5. The number of nitrogens with zero attached hydrogens (tertiary/aromatic N) is 4. The van der Waals surface area contributed by atoms with Gasteiger partial charge in [0, 0.05) is 93.6 Å². The molecule has 0 atom stereocenters. The van der Waals surface area contributed by atoms with Crippen molar-refractivity contribution in [2.75, 3.05) is 9.80 Å². The first-order chi connectivity index (χ1) is 49.7. The second-order valence-corrected chi connectivity index (χ2v) is 25.0. The molecule has 2 aromatic heterocycles. The highest BCUT2D eigenvalue weighted by molar-refractivity contribution is 6.48. The molecule has 516 valence electrons. The Morgan fingerprint density at radius 3 is 0.716 bits per heavy atom. The van der Waals surface area contributed by atoms with E-state index < -0.39 is 47.5 Å². The third-order valence-electron chi connectivity index (χ3n) is 17.8. The van der Waals surface area contributed by atoms with E-state index in [1.165, 1.54) is 73.3 Å². The molecule has 0 saturated heterocycles. The topological polar surface area (TPSA) is 243 Å². The number of hydrogen-bond acceptors (Lipinski definition) is 18. The van der Waals surface area contributed by atoms with Crippen LogP contribution < -0.4 is 47.7 Å². The molecule has 0 N–H and O–H groups in total. The van der Waals surface area contributed by atoms with Gasteiger partial charge in [0.05, 0.1) is 33.6 Å². The zero-order chi connectivity index (χ0) is 71.0. The van der Waals surface area contributed by atoms with Crippen molar-refractivity contribution in [3.8, 4) is 69.0 Å². The van der Waals surface area contributed by atoms with Crippen LogP contribution >= 0.6 is 0 Å². The van der Waals surface area contributed by atoms with Crippen LogP contribution in [0.15, 0.2) is 170 Å². The molecule has 0 fully saturated rings. The molecule has 2 aliphatic rings. The summed E-state index contributed by atoms with van der Waals surface area (Å²) in [5, 5.41) is 1.49. The molecule has 102 heavy (non-hydrogen) atoms. The molecule has 13 rings (SSSR count). The maximum atomic E-state index is 15.8. The summed E-state index contributed by atoms with van der Waals surface area (Å²) in [6, 6.07) is 37.7.